The molecule has 0 fully saturated rings. The van der Waals surface area contributed by atoms with Crippen LogP contribution in [0.2, 0.25) is 0 Å². The average molecular weight is 334 g/mol. The highest BCUT2D eigenvalue weighted by atomic mass is 16.2. The fraction of sp³-hybridized carbons (Fsp3) is 0.238. The van der Waals surface area contributed by atoms with Gasteiger partial charge in [-0.15, -0.1) is 0 Å². The van der Waals surface area contributed by atoms with Crippen molar-refractivity contribution in [2.45, 2.75) is 13.8 Å². The third kappa shape index (κ3) is 2.95. The van der Waals surface area contributed by atoms with Crippen molar-refractivity contribution in [3.8, 4) is 0 Å². The van der Waals surface area contributed by atoms with E-state index in [1.807, 2.05) is 56.3 Å². The van der Waals surface area contributed by atoms with Crippen LogP contribution in [0.15, 0.2) is 55.1 Å². The lowest BCUT2D eigenvalue weighted by Crippen LogP contribution is -2.43. The molecule has 2 aromatic carbocycles. The number of rotatable bonds is 4. The summed E-state index contributed by atoms with van der Waals surface area (Å²) < 4.78 is 0. The number of nitrogens with zero attached hydrogens (tertiary/aromatic N) is 2. The summed E-state index contributed by atoms with van der Waals surface area (Å²) in [5.41, 5.74) is 3.81. The molecule has 2 aromatic rings. The van der Waals surface area contributed by atoms with Crippen LogP contribution in [0.4, 0.5) is 5.69 Å². The van der Waals surface area contributed by atoms with Gasteiger partial charge in [0.15, 0.2) is 0 Å². The molecule has 0 spiro atoms. The lowest BCUT2D eigenvalue weighted by atomic mass is 9.96. The molecule has 1 aliphatic rings. The highest BCUT2D eigenvalue weighted by Crippen LogP contribution is 2.36. The van der Waals surface area contributed by atoms with Crippen LogP contribution in [-0.2, 0) is 4.79 Å². The van der Waals surface area contributed by atoms with E-state index in [2.05, 4.69) is 6.58 Å². The Labute approximate surface area is 148 Å². The van der Waals surface area contributed by atoms with Crippen molar-refractivity contribution in [2.75, 3.05) is 24.5 Å². The molecule has 1 aliphatic heterocycles. The largest absolute Gasteiger partial charge is 0.342 e. The topological polar surface area (TPSA) is 40.6 Å². The number of likely N-dealkylation sites (N-methyl/N-ethyl adjacent to an activating group) is 1. The predicted octanol–water partition coefficient (Wildman–Crippen LogP) is 3.58. The Morgan fingerprint density at radius 3 is 2.16 bits per heavy atom. The van der Waals surface area contributed by atoms with Crippen LogP contribution in [0.3, 0.4) is 0 Å². The Hall–Kier alpha value is -2.88. The van der Waals surface area contributed by atoms with Crippen LogP contribution in [0.25, 0.3) is 5.57 Å². The molecular formula is C21H22N2O2. The van der Waals surface area contributed by atoms with Gasteiger partial charge in [-0.3, -0.25) is 14.5 Å². The SMILES string of the molecule is C=C1c2ccccc2C(=O)N(CC(=O)N(CC)CC)c2ccccc21. The number of benzene rings is 2. The summed E-state index contributed by atoms with van der Waals surface area (Å²) in [4.78, 5) is 29.2. The van der Waals surface area contributed by atoms with Crippen LogP contribution in [0, 0.1) is 0 Å². The van der Waals surface area contributed by atoms with E-state index in [9.17, 15) is 9.59 Å². The summed E-state index contributed by atoms with van der Waals surface area (Å²) in [5.74, 6) is -0.222. The van der Waals surface area contributed by atoms with E-state index in [0.717, 1.165) is 22.4 Å². The lowest BCUT2D eigenvalue weighted by Gasteiger charge is -2.26. The minimum Gasteiger partial charge on any atom is -0.342 e. The van der Waals surface area contributed by atoms with Crippen LogP contribution in [-0.4, -0.2) is 36.3 Å². The van der Waals surface area contributed by atoms with E-state index in [-0.39, 0.29) is 18.4 Å². The first kappa shape index (κ1) is 17.0. The molecule has 0 unspecified atom stereocenters. The van der Waals surface area contributed by atoms with Gasteiger partial charge >= 0.3 is 0 Å². The predicted molar refractivity (Wildman–Crippen MR) is 101 cm³/mol. The van der Waals surface area contributed by atoms with Gasteiger partial charge < -0.3 is 4.90 Å². The van der Waals surface area contributed by atoms with Crippen molar-refractivity contribution in [3.63, 3.8) is 0 Å². The third-order valence-corrected chi connectivity index (χ3v) is 4.66. The second-order valence-electron chi connectivity index (χ2n) is 6.00. The maximum absolute atomic E-state index is 13.2. The molecule has 4 heteroatoms. The number of fused-ring (bicyclic) bond motifs is 2. The number of carbonyl (C=O) groups excluding carboxylic acids is 2. The third-order valence-electron chi connectivity index (χ3n) is 4.66. The number of hydrogen-bond acceptors (Lipinski definition) is 2. The van der Waals surface area contributed by atoms with E-state index in [4.69, 9.17) is 0 Å². The van der Waals surface area contributed by atoms with Crippen LogP contribution < -0.4 is 4.90 Å². The van der Waals surface area contributed by atoms with Gasteiger partial charge in [0, 0.05) is 24.2 Å². The molecule has 3 rings (SSSR count). The van der Waals surface area contributed by atoms with Crippen molar-refractivity contribution < 1.29 is 9.59 Å². The van der Waals surface area contributed by atoms with Crippen LogP contribution >= 0.6 is 0 Å². The van der Waals surface area contributed by atoms with Crippen molar-refractivity contribution in [1.29, 1.82) is 0 Å². The fourth-order valence-electron chi connectivity index (χ4n) is 3.27. The van der Waals surface area contributed by atoms with E-state index >= 15 is 0 Å². The molecule has 0 aliphatic carbocycles. The van der Waals surface area contributed by atoms with Crippen LogP contribution in [0.1, 0.15) is 35.3 Å². The number of carbonyl (C=O) groups is 2. The molecule has 0 radical (unpaired) electrons. The molecule has 4 nitrogen and oxygen atoms in total. The summed E-state index contributed by atoms with van der Waals surface area (Å²) in [6, 6.07) is 15.1. The summed E-state index contributed by atoms with van der Waals surface area (Å²) in [6.07, 6.45) is 0. The zero-order chi connectivity index (χ0) is 18.0. The number of anilines is 1. The molecule has 0 aromatic heterocycles. The molecule has 2 amide bonds. The molecule has 0 bridgehead atoms. The summed E-state index contributed by atoms with van der Waals surface area (Å²) in [6.45, 7) is 9.36. The molecule has 0 atom stereocenters. The van der Waals surface area contributed by atoms with Gasteiger partial charge in [0.1, 0.15) is 6.54 Å². The Morgan fingerprint density at radius 1 is 0.960 bits per heavy atom. The van der Waals surface area contributed by atoms with Crippen molar-refractivity contribution in [2.24, 2.45) is 0 Å². The van der Waals surface area contributed by atoms with E-state index < -0.39 is 0 Å². The summed E-state index contributed by atoms with van der Waals surface area (Å²) in [7, 11) is 0. The number of para-hydroxylation sites is 1. The molecule has 0 saturated heterocycles. The minimum atomic E-state index is -0.165. The fourth-order valence-corrected chi connectivity index (χ4v) is 3.27. The Bertz CT molecular complexity index is 837. The summed E-state index contributed by atoms with van der Waals surface area (Å²) in [5, 5.41) is 0. The second kappa shape index (κ2) is 6.93. The molecule has 128 valence electrons. The lowest BCUT2D eigenvalue weighted by molar-refractivity contribution is -0.129. The monoisotopic (exact) mass is 334 g/mol. The van der Waals surface area contributed by atoms with Gasteiger partial charge in [-0.1, -0.05) is 43.0 Å². The van der Waals surface area contributed by atoms with Gasteiger partial charge in [0.05, 0.1) is 5.69 Å². The maximum atomic E-state index is 13.2. The van der Waals surface area contributed by atoms with Crippen molar-refractivity contribution in [1.82, 2.24) is 4.90 Å². The number of amides is 2. The van der Waals surface area contributed by atoms with E-state index in [1.54, 1.807) is 15.9 Å². The number of hydrogen-bond donors (Lipinski definition) is 0. The Morgan fingerprint density at radius 2 is 1.52 bits per heavy atom. The molecule has 0 N–H and O–H groups in total. The van der Waals surface area contributed by atoms with Gasteiger partial charge in [0.25, 0.3) is 5.91 Å². The highest BCUT2D eigenvalue weighted by molar-refractivity contribution is 6.15. The normalized spacial score (nSPS) is 13.1. The molecular weight excluding hydrogens is 312 g/mol. The van der Waals surface area contributed by atoms with Crippen molar-refractivity contribution >= 4 is 23.1 Å². The van der Waals surface area contributed by atoms with Crippen molar-refractivity contribution in [3.05, 3.63) is 71.8 Å². The molecule has 25 heavy (non-hydrogen) atoms. The standard InChI is InChI=1S/C21H22N2O2/c1-4-22(5-2)20(24)14-23-19-13-9-8-11-17(19)15(3)16-10-6-7-12-18(16)21(23)25/h6-13H,3-5,14H2,1-2H3. The smallest absolute Gasteiger partial charge is 0.259 e. The average Bonchev–Trinajstić information content (AvgIpc) is 2.73. The first-order valence-corrected chi connectivity index (χ1v) is 8.55. The first-order valence-electron chi connectivity index (χ1n) is 8.55. The maximum Gasteiger partial charge on any atom is 0.259 e. The molecule has 1 heterocycles. The Kier molecular flexibility index (Phi) is 4.70. The first-order chi connectivity index (χ1) is 12.1. The zero-order valence-electron chi connectivity index (χ0n) is 14.7. The minimum absolute atomic E-state index is 0.0269. The quantitative estimate of drug-likeness (QED) is 0.857. The molecule has 0 saturated carbocycles. The van der Waals surface area contributed by atoms with Gasteiger partial charge in [-0.25, -0.2) is 0 Å². The zero-order valence-corrected chi connectivity index (χ0v) is 14.7. The van der Waals surface area contributed by atoms with Crippen LogP contribution in [0.5, 0.6) is 0 Å². The summed E-state index contributed by atoms with van der Waals surface area (Å²) >= 11 is 0. The Balaban J connectivity index is 2.11. The van der Waals surface area contributed by atoms with E-state index in [0.29, 0.717) is 18.7 Å². The highest BCUT2D eigenvalue weighted by Gasteiger charge is 2.30. The van der Waals surface area contributed by atoms with Gasteiger partial charge in [-0.2, -0.15) is 0 Å². The van der Waals surface area contributed by atoms with Gasteiger partial charge in [-0.05, 0) is 37.1 Å². The second-order valence-corrected chi connectivity index (χ2v) is 6.00. The van der Waals surface area contributed by atoms with E-state index in [1.165, 1.54) is 0 Å². The van der Waals surface area contributed by atoms with Gasteiger partial charge in [0.2, 0.25) is 5.91 Å².